The molecule has 1 aromatic carbocycles. The van der Waals surface area contributed by atoms with Gasteiger partial charge in [-0.3, -0.25) is 10.1 Å². The molecule has 1 aliphatic heterocycles. The number of aromatic amines is 1. The molecule has 1 saturated heterocycles. The van der Waals surface area contributed by atoms with Crippen LogP contribution >= 0.6 is 11.8 Å². The number of thioether (sulfide) groups is 1. The Balaban J connectivity index is 1.81. The first-order valence-corrected chi connectivity index (χ1v) is 11.2. The van der Waals surface area contributed by atoms with Crippen LogP contribution in [-0.2, 0) is 0 Å². The van der Waals surface area contributed by atoms with Gasteiger partial charge in [-0.2, -0.15) is 5.10 Å². The highest BCUT2D eigenvalue weighted by atomic mass is 32.2. The summed E-state index contributed by atoms with van der Waals surface area (Å²) in [6.45, 7) is 12.8. The third-order valence-electron chi connectivity index (χ3n) is 5.62. The van der Waals surface area contributed by atoms with Crippen LogP contribution in [-0.4, -0.2) is 51.4 Å². The van der Waals surface area contributed by atoms with Crippen molar-refractivity contribution in [3.63, 3.8) is 0 Å². The molecule has 0 unspecified atom stereocenters. The number of piperidine rings is 1. The molecule has 2 aromatic rings. The van der Waals surface area contributed by atoms with Crippen LogP contribution in [0.5, 0.6) is 0 Å². The standard InChI is InChI=1S/C24H32FN5S/c1-8-21(30(7)18-12-23(2,3)29-24(4,5)13-18)31-22(26-6)19-10-9-16(11-20(19)25)17-14-27-28-15-17/h9-11,14-15,18,29H,1,12-13H2,2-7H3,(H,27,28). The van der Waals surface area contributed by atoms with Crippen molar-refractivity contribution in [2.75, 3.05) is 14.1 Å². The van der Waals surface area contributed by atoms with Crippen LogP contribution in [0.15, 0.2) is 52.9 Å². The monoisotopic (exact) mass is 441 g/mol. The van der Waals surface area contributed by atoms with E-state index in [0.717, 1.165) is 29.0 Å². The number of nitrogens with one attached hydrogen (secondary N) is 2. The number of hydrogen-bond acceptors (Lipinski definition) is 5. The van der Waals surface area contributed by atoms with Crippen LogP contribution in [0.4, 0.5) is 4.39 Å². The van der Waals surface area contributed by atoms with Crippen molar-refractivity contribution in [3.05, 3.63) is 59.3 Å². The van der Waals surface area contributed by atoms with Gasteiger partial charge in [-0.05, 0) is 70.0 Å². The van der Waals surface area contributed by atoms with Crippen molar-refractivity contribution in [1.29, 1.82) is 0 Å². The normalized spacial score (nSPS) is 18.5. The largest absolute Gasteiger partial charge is 0.360 e. The Morgan fingerprint density at radius 3 is 2.45 bits per heavy atom. The highest BCUT2D eigenvalue weighted by molar-refractivity contribution is 8.17. The first-order valence-electron chi connectivity index (χ1n) is 10.4. The Hall–Kier alpha value is -2.34. The molecule has 5 nitrogen and oxygen atoms in total. The predicted octanol–water partition coefficient (Wildman–Crippen LogP) is 5.19. The van der Waals surface area contributed by atoms with Gasteiger partial charge in [-0.25, -0.2) is 4.39 Å². The summed E-state index contributed by atoms with van der Waals surface area (Å²) >= 11 is 1.40. The molecule has 0 aliphatic carbocycles. The maximum atomic E-state index is 15.0. The predicted molar refractivity (Wildman–Crippen MR) is 129 cm³/mol. The van der Waals surface area contributed by atoms with Crippen molar-refractivity contribution >= 4 is 16.8 Å². The molecule has 0 bridgehead atoms. The van der Waals surface area contributed by atoms with Gasteiger partial charge in [0.15, 0.2) is 0 Å². The summed E-state index contributed by atoms with van der Waals surface area (Å²) in [5.41, 5.74) is 5.18. The van der Waals surface area contributed by atoms with E-state index in [4.69, 9.17) is 0 Å². The van der Waals surface area contributed by atoms with Gasteiger partial charge >= 0.3 is 0 Å². The van der Waals surface area contributed by atoms with Crippen LogP contribution in [0.1, 0.15) is 46.1 Å². The van der Waals surface area contributed by atoms with Gasteiger partial charge in [0, 0.05) is 48.5 Å². The number of benzene rings is 1. The quantitative estimate of drug-likeness (QED) is 0.381. The van der Waals surface area contributed by atoms with E-state index in [1.807, 2.05) is 6.07 Å². The molecular weight excluding hydrogens is 409 g/mol. The van der Waals surface area contributed by atoms with Crippen LogP contribution in [0.2, 0.25) is 0 Å². The molecule has 1 aromatic heterocycles. The highest BCUT2D eigenvalue weighted by Crippen LogP contribution is 2.35. The maximum absolute atomic E-state index is 15.0. The fraction of sp³-hybridized carbons (Fsp3) is 0.458. The molecule has 0 spiro atoms. The SMILES string of the molecule is C=C=C(SC(=NC)c1ccc(-c2cn[nH]c2)cc1F)N(C)C1CC(C)(C)NC(C)(C)C1. The summed E-state index contributed by atoms with van der Waals surface area (Å²) < 4.78 is 15.0. The van der Waals surface area contributed by atoms with E-state index in [-0.39, 0.29) is 16.9 Å². The average molecular weight is 442 g/mol. The lowest BCUT2D eigenvalue weighted by Gasteiger charge is -2.49. The number of rotatable bonds is 5. The molecule has 0 atom stereocenters. The van der Waals surface area contributed by atoms with Gasteiger partial charge < -0.3 is 10.2 Å². The van der Waals surface area contributed by atoms with Crippen molar-refractivity contribution < 1.29 is 4.39 Å². The van der Waals surface area contributed by atoms with Crippen LogP contribution < -0.4 is 5.32 Å². The molecule has 7 heteroatoms. The lowest BCUT2D eigenvalue weighted by atomic mass is 9.79. The zero-order valence-electron chi connectivity index (χ0n) is 19.2. The Morgan fingerprint density at radius 1 is 1.26 bits per heavy atom. The molecule has 2 N–H and O–H groups in total. The topological polar surface area (TPSA) is 56.3 Å². The summed E-state index contributed by atoms with van der Waals surface area (Å²) in [6.07, 6.45) is 5.40. The summed E-state index contributed by atoms with van der Waals surface area (Å²) in [7, 11) is 3.75. The minimum Gasteiger partial charge on any atom is -0.360 e. The van der Waals surface area contributed by atoms with E-state index in [1.54, 1.807) is 25.5 Å². The number of hydrogen-bond donors (Lipinski definition) is 2. The number of H-pyrrole nitrogens is 1. The van der Waals surface area contributed by atoms with E-state index in [0.29, 0.717) is 16.6 Å². The van der Waals surface area contributed by atoms with Gasteiger partial charge in [0.25, 0.3) is 0 Å². The molecule has 3 rings (SSSR count). The Kier molecular flexibility index (Phi) is 6.79. The van der Waals surface area contributed by atoms with Crippen LogP contribution in [0, 0.1) is 5.82 Å². The molecule has 0 saturated carbocycles. The summed E-state index contributed by atoms with van der Waals surface area (Å²) in [5.74, 6) is -0.318. The van der Waals surface area contributed by atoms with Crippen molar-refractivity contribution in [2.24, 2.45) is 4.99 Å². The minimum absolute atomic E-state index is 0.0221. The molecule has 1 fully saturated rings. The second-order valence-electron chi connectivity index (χ2n) is 9.36. The molecule has 0 amide bonds. The Morgan fingerprint density at radius 2 is 1.94 bits per heavy atom. The highest BCUT2D eigenvalue weighted by Gasteiger charge is 2.39. The van der Waals surface area contributed by atoms with Gasteiger partial charge in [-0.15, -0.1) is 0 Å². The lowest BCUT2D eigenvalue weighted by molar-refractivity contribution is 0.103. The van der Waals surface area contributed by atoms with Crippen LogP contribution in [0.25, 0.3) is 11.1 Å². The summed E-state index contributed by atoms with van der Waals surface area (Å²) in [4.78, 5) is 6.59. The van der Waals surface area contributed by atoms with Crippen molar-refractivity contribution in [3.8, 4) is 11.1 Å². The number of aliphatic imine (C=N–C) groups is 1. The third kappa shape index (κ3) is 5.48. The Labute approximate surface area is 188 Å². The smallest absolute Gasteiger partial charge is 0.133 e. The summed E-state index contributed by atoms with van der Waals surface area (Å²) in [6, 6.07) is 5.48. The zero-order chi connectivity index (χ0) is 22.8. The van der Waals surface area contributed by atoms with Gasteiger partial charge in [0.1, 0.15) is 15.9 Å². The molecule has 2 heterocycles. The average Bonchev–Trinajstić information content (AvgIpc) is 3.21. The molecule has 0 radical (unpaired) electrons. The fourth-order valence-corrected chi connectivity index (χ4v) is 5.45. The first-order chi connectivity index (χ1) is 14.5. The minimum atomic E-state index is -0.318. The Bertz CT molecular complexity index is 987. The van der Waals surface area contributed by atoms with E-state index >= 15 is 4.39 Å². The van der Waals surface area contributed by atoms with E-state index in [9.17, 15) is 0 Å². The molecular formula is C24H32FN5S. The maximum Gasteiger partial charge on any atom is 0.133 e. The number of nitrogens with zero attached hydrogens (tertiary/aromatic N) is 3. The molecule has 31 heavy (non-hydrogen) atoms. The van der Waals surface area contributed by atoms with E-state index in [1.165, 1.54) is 17.8 Å². The van der Waals surface area contributed by atoms with Crippen molar-refractivity contribution in [1.82, 2.24) is 20.4 Å². The second-order valence-corrected chi connectivity index (χ2v) is 10.3. The first kappa shape index (κ1) is 23.3. The third-order valence-corrected chi connectivity index (χ3v) is 6.84. The van der Waals surface area contributed by atoms with Crippen LogP contribution in [0.3, 0.4) is 0 Å². The number of halogens is 1. The summed E-state index contributed by atoms with van der Waals surface area (Å²) in [5, 5.41) is 11.8. The van der Waals surface area contributed by atoms with Gasteiger partial charge in [-0.1, -0.05) is 18.4 Å². The van der Waals surface area contributed by atoms with Gasteiger partial charge in [0.05, 0.1) is 6.20 Å². The zero-order valence-corrected chi connectivity index (χ0v) is 20.0. The lowest BCUT2D eigenvalue weighted by Crippen LogP contribution is -2.61. The van der Waals surface area contributed by atoms with Crippen molar-refractivity contribution in [2.45, 2.75) is 57.7 Å². The molecule has 1 aliphatic rings. The van der Waals surface area contributed by atoms with Gasteiger partial charge in [0.2, 0.25) is 0 Å². The van der Waals surface area contributed by atoms with E-state index in [2.05, 4.69) is 72.5 Å². The second kappa shape index (κ2) is 9.03. The van der Waals surface area contributed by atoms with E-state index < -0.39 is 0 Å². The molecule has 166 valence electrons. The number of aromatic nitrogens is 2. The fourth-order valence-electron chi connectivity index (χ4n) is 4.53.